The van der Waals surface area contributed by atoms with Crippen LogP contribution in [-0.2, 0) is 6.42 Å². The van der Waals surface area contributed by atoms with Crippen molar-refractivity contribution in [2.75, 3.05) is 13.7 Å². The Morgan fingerprint density at radius 2 is 1.71 bits per heavy atom. The summed E-state index contributed by atoms with van der Waals surface area (Å²) in [6.07, 6.45) is 0.715. The molecule has 0 aliphatic heterocycles. The van der Waals surface area contributed by atoms with Gasteiger partial charge in [0.1, 0.15) is 5.75 Å². The van der Waals surface area contributed by atoms with Crippen LogP contribution in [0.15, 0.2) is 42.5 Å². The van der Waals surface area contributed by atoms with E-state index >= 15 is 0 Å². The van der Waals surface area contributed by atoms with Crippen molar-refractivity contribution in [1.29, 1.82) is 0 Å². The fraction of sp³-hybridized carbons (Fsp3) is 0.294. The van der Waals surface area contributed by atoms with E-state index in [2.05, 4.69) is 18.3 Å². The third-order valence-corrected chi connectivity index (χ3v) is 4.14. The summed E-state index contributed by atoms with van der Waals surface area (Å²) in [4.78, 5) is 0. The van der Waals surface area contributed by atoms with Crippen LogP contribution in [0.1, 0.15) is 24.1 Å². The van der Waals surface area contributed by atoms with Crippen molar-refractivity contribution in [1.82, 2.24) is 5.32 Å². The van der Waals surface area contributed by atoms with Gasteiger partial charge in [-0.25, -0.2) is 0 Å². The zero-order valence-electron chi connectivity index (χ0n) is 12.2. The molecule has 0 saturated carbocycles. The van der Waals surface area contributed by atoms with Gasteiger partial charge in [0.2, 0.25) is 0 Å². The second-order valence-corrected chi connectivity index (χ2v) is 5.57. The molecule has 0 saturated heterocycles. The number of likely N-dealkylation sites (N-methyl/N-ethyl adjacent to an activating group) is 1. The van der Waals surface area contributed by atoms with Crippen molar-refractivity contribution in [2.24, 2.45) is 0 Å². The van der Waals surface area contributed by atoms with Crippen molar-refractivity contribution < 1.29 is 4.74 Å². The average Bonchev–Trinajstić information content (AvgIpc) is 2.50. The largest absolute Gasteiger partial charge is 0.496 e. The first kappa shape index (κ1) is 16.2. The molecule has 2 rings (SSSR count). The van der Waals surface area contributed by atoms with E-state index in [4.69, 9.17) is 27.9 Å². The fourth-order valence-corrected chi connectivity index (χ4v) is 2.98. The van der Waals surface area contributed by atoms with Crippen molar-refractivity contribution in [3.05, 3.63) is 63.6 Å². The Kier molecular flexibility index (Phi) is 5.92. The maximum atomic E-state index is 6.29. The Bertz CT molecular complexity index is 581. The van der Waals surface area contributed by atoms with Gasteiger partial charge in [-0.1, -0.05) is 54.4 Å². The van der Waals surface area contributed by atoms with Gasteiger partial charge in [0.05, 0.1) is 7.11 Å². The van der Waals surface area contributed by atoms with Gasteiger partial charge >= 0.3 is 0 Å². The molecule has 0 aromatic heterocycles. The first-order valence-electron chi connectivity index (χ1n) is 6.96. The first-order chi connectivity index (χ1) is 10.2. The quantitative estimate of drug-likeness (QED) is 0.816. The Balaban J connectivity index is 2.35. The fourth-order valence-electron chi connectivity index (χ4n) is 2.42. The van der Waals surface area contributed by atoms with Crippen LogP contribution in [0.5, 0.6) is 5.75 Å². The highest BCUT2D eigenvalue weighted by molar-refractivity contribution is 6.36. The molecule has 0 heterocycles. The lowest BCUT2D eigenvalue weighted by Gasteiger charge is -2.22. The van der Waals surface area contributed by atoms with Crippen molar-refractivity contribution in [3.8, 4) is 5.75 Å². The van der Waals surface area contributed by atoms with Crippen LogP contribution >= 0.6 is 23.2 Å². The van der Waals surface area contributed by atoms with Gasteiger partial charge < -0.3 is 10.1 Å². The van der Waals surface area contributed by atoms with E-state index in [1.165, 1.54) is 0 Å². The lowest BCUT2D eigenvalue weighted by Crippen LogP contribution is -2.23. The van der Waals surface area contributed by atoms with Crippen LogP contribution in [0, 0.1) is 0 Å². The predicted octanol–water partition coefficient (Wildman–Crippen LogP) is 4.90. The average molecular weight is 324 g/mol. The highest BCUT2D eigenvalue weighted by Crippen LogP contribution is 2.32. The second-order valence-electron chi connectivity index (χ2n) is 4.76. The smallest absolute Gasteiger partial charge is 0.123 e. The summed E-state index contributed by atoms with van der Waals surface area (Å²) in [6, 6.07) is 13.7. The monoisotopic (exact) mass is 323 g/mol. The normalized spacial score (nSPS) is 12.2. The molecule has 1 unspecified atom stereocenters. The van der Waals surface area contributed by atoms with E-state index < -0.39 is 0 Å². The standard InChI is InChI=1S/C17H19Cl2NO/c1-3-20-16(12-7-4-5-10-17(12)21-2)11-13-14(18)8-6-9-15(13)19/h4-10,16,20H,3,11H2,1-2H3. The molecule has 0 radical (unpaired) electrons. The molecule has 4 heteroatoms. The van der Waals surface area contributed by atoms with E-state index in [-0.39, 0.29) is 6.04 Å². The number of rotatable bonds is 6. The second kappa shape index (κ2) is 7.69. The summed E-state index contributed by atoms with van der Waals surface area (Å²) >= 11 is 12.6. The molecule has 0 bridgehead atoms. The first-order valence-corrected chi connectivity index (χ1v) is 7.72. The molecule has 1 atom stereocenters. The van der Waals surface area contributed by atoms with Crippen LogP contribution in [0.25, 0.3) is 0 Å². The third kappa shape index (κ3) is 3.91. The van der Waals surface area contributed by atoms with Gasteiger partial charge in [0, 0.05) is 21.7 Å². The molecular formula is C17H19Cl2NO. The van der Waals surface area contributed by atoms with Crippen molar-refractivity contribution in [3.63, 3.8) is 0 Å². The summed E-state index contributed by atoms with van der Waals surface area (Å²) in [5, 5.41) is 4.87. The molecule has 2 nitrogen and oxygen atoms in total. The van der Waals surface area contributed by atoms with Crippen LogP contribution in [0.3, 0.4) is 0 Å². The Morgan fingerprint density at radius 3 is 2.33 bits per heavy atom. The molecule has 0 spiro atoms. The predicted molar refractivity (Wildman–Crippen MR) is 89.6 cm³/mol. The van der Waals surface area contributed by atoms with E-state index in [9.17, 15) is 0 Å². The summed E-state index contributed by atoms with van der Waals surface area (Å²) in [7, 11) is 1.68. The Hall–Kier alpha value is -1.22. The topological polar surface area (TPSA) is 21.3 Å². The van der Waals surface area contributed by atoms with Gasteiger partial charge in [0.15, 0.2) is 0 Å². The zero-order chi connectivity index (χ0) is 15.2. The Labute approximate surface area is 136 Å². The molecule has 112 valence electrons. The lowest BCUT2D eigenvalue weighted by atomic mass is 9.98. The Morgan fingerprint density at radius 1 is 1.05 bits per heavy atom. The number of nitrogens with one attached hydrogen (secondary N) is 1. The number of halogens is 2. The minimum atomic E-state index is 0.101. The summed E-state index contributed by atoms with van der Waals surface area (Å²) in [5.41, 5.74) is 2.07. The minimum Gasteiger partial charge on any atom is -0.496 e. The number of hydrogen-bond acceptors (Lipinski definition) is 2. The molecule has 2 aromatic carbocycles. The van der Waals surface area contributed by atoms with Gasteiger partial charge in [-0.05, 0) is 36.7 Å². The molecule has 21 heavy (non-hydrogen) atoms. The molecule has 0 amide bonds. The van der Waals surface area contributed by atoms with Gasteiger partial charge in [-0.2, -0.15) is 0 Å². The summed E-state index contributed by atoms with van der Waals surface area (Å²) in [5.74, 6) is 0.867. The maximum Gasteiger partial charge on any atom is 0.123 e. The van der Waals surface area contributed by atoms with E-state index in [1.54, 1.807) is 7.11 Å². The van der Waals surface area contributed by atoms with Crippen LogP contribution in [0.4, 0.5) is 0 Å². The third-order valence-electron chi connectivity index (χ3n) is 3.43. The van der Waals surface area contributed by atoms with Gasteiger partial charge in [-0.3, -0.25) is 0 Å². The SMILES string of the molecule is CCNC(Cc1c(Cl)cccc1Cl)c1ccccc1OC. The van der Waals surface area contributed by atoms with Gasteiger partial charge in [0.25, 0.3) is 0 Å². The van der Waals surface area contributed by atoms with Crippen molar-refractivity contribution in [2.45, 2.75) is 19.4 Å². The highest BCUT2D eigenvalue weighted by Gasteiger charge is 2.18. The summed E-state index contributed by atoms with van der Waals surface area (Å²) < 4.78 is 5.46. The van der Waals surface area contributed by atoms with E-state index in [0.29, 0.717) is 16.5 Å². The minimum absolute atomic E-state index is 0.101. The van der Waals surface area contributed by atoms with Gasteiger partial charge in [-0.15, -0.1) is 0 Å². The number of hydrogen-bond donors (Lipinski definition) is 1. The van der Waals surface area contributed by atoms with Crippen molar-refractivity contribution >= 4 is 23.2 Å². The van der Waals surface area contributed by atoms with Crippen LogP contribution < -0.4 is 10.1 Å². The zero-order valence-corrected chi connectivity index (χ0v) is 13.7. The molecule has 0 aliphatic carbocycles. The van der Waals surface area contributed by atoms with E-state index in [0.717, 1.165) is 23.4 Å². The highest BCUT2D eigenvalue weighted by atomic mass is 35.5. The number of methoxy groups -OCH3 is 1. The molecular weight excluding hydrogens is 305 g/mol. The summed E-state index contributed by atoms with van der Waals surface area (Å²) in [6.45, 7) is 2.93. The number of benzene rings is 2. The van der Waals surface area contributed by atoms with Crippen LogP contribution in [0.2, 0.25) is 10.0 Å². The molecule has 2 aromatic rings. The molecule has 1 N–H and O–H groups in total. The number of ether oxygens (including phenoxy) is 1. The van der Waals surface area contributed by atoms with Crippen LogP contribution in [-0.4, -0.2) is 13.7 Å². The lowest BCUT2D eigenvalue weighted by molar-refractivity contribution is 0.399. The molecule has 0 fully saturated rings. The number of para-hydroxylation sites is 1. The maximum absolute atomic E-state index is 6.29. The van der Waals surface area contributed by atoms with E-state index in [1.807, 2.05) is 36.4 Å². The molecule has 0 aliphatic rings.